The van der Waals surface area contributed by atoms with Crippen LogP contribution in [0.1, 0.15) is 16.7 Å². The predicted octanol–water partition coefficient (Wildman–Crippen LogP) is 4.52. The molecule has 0 spiro atoms. The van der Waals surface area contributed by atoms with Gasteiger partial charge >= 0.3 is 0 Å². The summed E-state index contributed by atoms with van der Waals surface area (Å²) in [6, 6.07) is 17.6. The Labute approximate surface area is 123 Å². The van der Waals surface area contributed by atoms with Crippen molar-refractivity contribution < 1.29 is 4.74 Å². The number of pyridine rings is 1. The minimum atomic E-state index is 0.350. The molecule has 0 saturated carbocycles. The van der Waals surface area contributed by atoms with Crippen LogP contribution >= 0.6 is 0 Å². The molecule has 21 heavy (non-hydrogen) atoms. The van der Waals surface area contributed by atoms with Crippen molar-refractivity contribution in [1.82, 2.24) is 4.98 Å². The third kappa shape index (κ3) is 2.56. The number of benzene rings is 2. The summed E-state index contributed by atoms with van der Waals surface area (Å²) in [5.74, 6) is 1.07. The molecule has 1 heterocycles. The van der Waals surface area contributed by atoms with E-state index in [1.54, 1.807) is 6.07 Å². The Morgan fingerprint density at radius 3 is 2.62 bits per heavy atom. The van der Waals surface area contributed by atoms with Crippen LogP contribution in [0.2, 0.25) is 0 Å². The van der Waals surface area contributed by atoms with Crippen LogP contribution in [0.3, 0.4) is 0 Å². The topological polar surface area (TPSA) is 45.9 Å². The van der Waals surface area contributed by atoms with E-state index >= 15 is 0 Å². The zero-order chi connectivity index (χ0) is 14.8. The highest BCUT2D eigenvalue weighted by molar-refractivity contribution is 5.81. The number of aromatic nitrogens is 1. The van der Waals surface area contributed by atoms with Crippen molar-refractivity contribution in [3.8, 4) is 17.7 Å². The molecular formula is C18H14N2O. The summed E-state index contributed by atoms with van der Waals surface area (Å²) < 4.78 is 5.86. The van der Waals surface area contributed by atoms with Crippen LogP contribution < -0.4 is 4.74 Å². The van der Waals surface area contributed by atoms with Gasteiger partial charge in [-0.25, -0.2) is 4.98 Å². The minimum absolute atomic E-state index is 0.350. The van der Waals surface area contributed by atoms with Crippen molar-refractivity contribution >= 4 is 10.9 Å². The van der Waals surface area contributed by atoms with E-state index in [4.69, 9.17) is 4.74 Å². The van der Waals surface area contributed by atoms with Crippen molar-refractivity contribution in [2.75, 3.05) is 0 Å². The summed E-state index contributed by atoms with van der Waals surface area (Å²) in [5.41, 5.74) is 3.45. The maximum Gasteiger partial charge on any atom is 0.237 e. The molecule has 3 heteroatoms. The van der Waals surface area contributed by atoms with E-state index in [2.05, 4.69) is 11.1 Å². The highest BCUT2D eigenvalue weighted by atomic mass is 16.5. The quantitative estimate of drug-likeness (QED) is 0.690. The van der Waals surface area contributed by atoms with Crippen LogP contribution in [0, 0.1) is 25.2 Å². The molecule has 102 valence electrons. The number of rotatable bonds is 2. The lowest BCUT2D eigenvalue weighted by Crippen LogP contribution is -1.95. The lowest BCUT2D eigenvalue weighted by molar-refractivity contribution is 0.460. The molecule has 0 saturated heterocycles. The Balaban J connectivity index is 2.09. The summed E-state index contributed by atoms with van der Waals surface area (Å²) in [4.78, 5) is 4.46. The zero-order valence-corrected chi connectivity index (χ0v) is 11.9. The Morgan fingerprint density at radius 2 is 1.86 bits per heavy atom. The molecule has 3 nitrogen and oxygen atoms in total. The van der Waals surface area contributed by atoms with Gasteiger partial charge in [0.15, 0.2) is 0 Å². The van der Waals surface area contributed by atoms with Crippen LogP contribution in [0.25, 0.3) is 10.9 Å². The van der Waals surface area contributed by atoms with E-state index in [1.165, 1.54) is 5.56 Å². The molecule has 1 aromatic heterocycles. The monoisotopic (exact) mass is 274 g/mol. The third-order valence-electron chi connectivity index (χ3n) is 3.35. The summed E-state index contributed by atoms with van der Waals surface area (Å²) >= 11 is 0. The van der Waals surface area contributed by atoms with Crippen LogP contribution in [0.5, 0.6) is 11.6 Å². The molecule has 0 N–H and O–H groups in total. The zero-order valence-electron chi connectivity index (χ0n) is 11.9. The first-order valence-corrected chi connectivity index (χ1v) is 6.72. The number of nitriles is 1. The van der Waals surface area contributed by atoms with Gasteiger partial charge in [-0.1, -0.05) is 35.9 Å². The van der Waals surface area contributed by atoms with Gasteiger partial charge in [0.2, 0.25) is 5.88 Å². The summed E-state index contributed by atoms with van der Waals surface area (Å²) in [6.07, 6.45) is 0. The van der Waals surface area contributed by atoms with Crippen LogP contribution in [-0.2, 0) is 0 Å². The molecule has 0 radical (unpaired) electrons. The third-order valence-corrected chi connectivity index (χ3v) is 3.35. The number of fused-ring (bicyclic) bond motifs is 1. The predicted molar refractivity (Wildman–Crippen MR) is 82.4 cm³/mol. The SMILES string of the molecule is Cc1ccc(Oc2nc3ccccc3cc2C#N)c(C)c1. The molecule has 0 amide bonds. The lowest BCUT2D eigenvalue weighted by atomic mass is 10.1. The number of hydrogen-bond donors (Lipinski definition) is 0. The Kier molecular flexibility index (Phi) is 3.29. The standard InChI is InChI=1S/C18H14N2O/c1-12-7-8-17(13(2)9-12)21-18-15(11-19)10-14-5-3-4-6-16(14)20-18/h3-10H,1-2H3. The van der Waals surface area contributed by atoms with Gasteiger partial charge in [0.1, 0.15) is 17.4 Å². The summed E-state index contributed by atoms with van der Waals surface area (Å²) in [7, 11) is 0. The molecular weight excluding hydrogens is 260 g/mol. The van der Waals surface area contributed by atoms with Gasteiger partial charge in [0, 0.05) is 5.39 Å². The first-order valence-electron chi connectivity index (χ1n) is 6.72. The van der Waals surface area contributed by atoms with Gasteiger partial charge in [-0.3, -0.25) is 0 Å². The van der Waals surface area contributed by atoms with Gasteiger partial charge in [0.05, 0.1) is 5.52 Å². The Bertz CT molecular complexity index is 863. The fourth-order valence-electron chi connectivity index (χ4n) is 2.27. The molecule has 0 aliphatic carbocycles. The number of ether oxygens (including phenoxy) is 1. The minimum Gasteiger partial charge on any atom is -0.437 e. The maximum absolute atomic E-state index is 9.30. The highest BCUT2D eigenvalue weighted by Gasteiger charge is 2.10. The molecule has 0 aliphatic heterocycles. The van der Waals surface area contributed by atoms with Gasteiger partial charge in [-0.05, 0) is 37.6 Å². The first-order chi connectivity index (χ1) is 10.2. The number of nitrogens with zero attached hydrogens (tertiary/aromatic N) is 2. The largest absolute Gasteiger partial charge is 0.437 e. The van der Waals surface area contributed by atoms with Gasteiger partial charge in [0.25, 0.3) is 0 Å². The van der Waals surface area contributed by atoms with Crippen LogP contribution in [0.4, 0.5) is 0 Å². The smallest absolute Gasteiger partial charge is 0.237 e. The number of hydrogen-bond acceptors (Lipinski definition) is 3. The second-order valence-electron chi connectivity index (χ2n) is 5.02. The molecule has 0 aliphatic rings. The molecule has 3 rings (SSSR count). The number of para-hydroxylation sites is 1. The summed E-state index contributed by atoms with van der Waals surface area (Å²) in [6.45, 7) is 4.02. The molecule has 2 aromatic carbocycles. The lowest BCUT2D eigenvalue weighted by Gasteiger charge is -2.10. The maximum atomic E-state index is 9.30. The molecule has 0 atom stereocenters. The molecule has 3 aromatic rings. The van der Waals surface area contributed by atoms with Crippen molar-refractivity contribution in [2.45, 2.75) is 13.8 Å². The summed E-state index contributed by atoms with van der Waals surface area (Å²) in [5, 5.41) is 10.2. The number of aryl methyl sites for hydroxylation is 2. The van der Waals surface area contributed by atoms with E-state index in [-0.39, 0.29) is 0 Å². The van der Waals surface area contributed by atoms with Crippen molar-refractivity contribution in [2.24, 2.45) is 0 Å². The van der Waals surface area contributed by atoms with E-state index in [0.717, 1.165) is 22.2 Å². The van der Waals surface area contributed by atoms with Crippen LogP contribution in [-0.4, -0.2) is 4.98 Å². The first kappa shape index (κ1) is 13.1. The van der Waals surface area contributed by atoms with Crippen molar-refractivity contribution in [3.05, 3.63) is 65.2 Å². The van der Waals surface area contributed by atoms with E-state index in [0.29, 0.717) is 11.4 Å². The molecule has 0 fully saturated rings. The van der Waals surface area contributed by atoms with Crippen molar-refractivity contribution in [1.29, 1.82) is 5.26 Å². The van der Waals surface area contributed by atoms with Gasteiger partial charge in [-0.2, -0.15) is 5.26 Å². The molecule has 0 bridgehead atoms. The van der Waals surface area contributed by atoms with E-state index in [9.17, 15) is 5.26 Å². The average molecular weight is 274 g/mol. The van der Waals surface area contributed by atoms with E-state index < -0.39 is 0 Å². The van der Waals surface area contributed by atoms with Gasteiger partial charge in [-0.15, -0.1) is 0 Å². The van der Waals surface area contributed by atoms with Crippen molar-refractivity contribution in [3.63, 3.8) is 0 Å². The fraction of sp³-hybridized carbons (Fsp3) is 0.111. The normalized spacial score (nSPS) is 10.3. The second kappa shape index (κ2) is 5.26. The average Bonchev–Trinajstić information content (AvgIpc) is 2.49. The Hall–Kier alpha value is -2.86. The van der Waals surface area contributed by atoms with Crippen LogP contribution in [0.15, 0.2) is 48.5 Å². The highest BCUT2D eigenvalue weighted by Crippen LogP contribution is 2.28. The fourth-order valence-corrected chi connectivity index (χ4v) is 2.27. The molecule has 0 unspecified atom stereocenters. The van der Waals surface area contributed by atoms with E-state index in [1.807, 2.05) is 56.3 Å². The Morgan fingerprint density at radius 1 is 1.05 bits per heavy atom. The second-order valence-corrected chi connectivity index (χ2v) is 5.02. The van der Waals surface area contributed by atoms with Gasteiger partial charge < -0.3 is 4.74 Å².